The molecule has 0 unspecified atom stereocenters. The number of likely N-dealkylation sites (N-methyl/N-ethyl adjacent to an activating group) is 1. The average Bonchev–Trinajstić information content (AvgIpc) is 3.30. The van der Waals surface area contributed by atoms with Crippen LogP contribution >= 0.6 is 11.6 Å². The fraction of sp³-hybridized carbons (Fsp3) is 0.294. The molecule has 0 bridgehead atoms. The summed E-state index contributed by atoms with van der Waals surface area (Å²) >= 11 is 5.56. The summed E-state index contributed by atoms with van der Waals surface area (Å²) < 4.78 is 55.6. The van der Waals surface area contributed by atoms with Crippen molar-refractivity contribution in [2.45, 2.75) is 23.3 Å². The Hall–Kier alpha value is -2.50. The smallest absolute Gasteiger partial charge is 0.272 e. The van der Waals surface area contributed by atoms with Gasteiger partial charge in [-0.05, 0) is 25.0 Å². The van der Waals surface area contributed by atoms with Crippen LogP contribution in [0.2, 0.25) is 5.02 Å². The topological polar surface area (TPSA) is 109 Å². The molecule has 1 aromatic heterocycles. The Bertz CT molecular complexity index is 1090. The lowest BCUT2D eigenvalue weighted by Crippen LogP contribution is -2.47. The Kier molecular flexibility index (Phi) is 5.41. The molecule has 2 amide bonds. The molecule has 3 N–H and O–H groups in total. The van der Waals surface area contributed by atoms with Gasteiger partial charge in [-0.25, -0.2) is 17.2 Å². The van der Waals surface area contributed by atoms with Crippen LogP contribution in [-0.4, -0.2) is 37.4 Å². The molecule has 8 nitrogen and oxygen atoms in total. The van der Waals surface area contributed by atoms with Gasteiger partial charge in [0.2, 0.25) is 15.9 Å². The van der Waals surface area contributed by atoms with Gasteiger partial charge in [-0.1, -0.05) is 11.6 Å². The van der Waals surface area contributed by atoms with Crippen molar-refractivity contribution in [3.8, 4) is 0 Å². The molecule has 0 aliphatic heterocycles. The molecule has 1 heterocycles. The van der Waals surface area contributed by atoms with Gasteiger partial charge in [0.15, 0.2) is 11.6 Å². The van der Waals surface area contributed by atoms with E-state index >= 15 is 0 Å². The predicted octanol–water partition coefficient (Wildman–Crippen LogP) is 1.77. The largest absolute Gasteiger partial charge is 0.358 e. The minimum atomic E-state index is -4.08. The molecule has 1 saturated carbocycles. The summed E-state index contributed by atoms with van der Waals surface area (Å²) in [5, 5.41) is 4.23. The molecule has 0 atom stereocenters. The number of aryl methyl sites for hydroxylation is 1. The number of sulfonamides is 1. The summed E-state index contributed by atoms with van der Waals surface area (Å²) in [6, 6.07) is 2.89. The minimum Gasteiger partial charge on any atom is -0.358 e. The molecule has 156 valence electrons. The number of carbonyl (C=O) groups is 2. The van der Waals surface area contributed by atoms with Crippen molar-refractivity contribution in [2.75, 3.05) is 12.4 Å². The Morgan fingerprint density at radius 2 is 1.86 bits per heavy atom. The maximum atomic E-state index is 13.5. The highest BCUT2D eigenvalue weighted by molar-refractivity contribution is 7.89. The van der Waals surface area contributed by atoms with Crippen molar-refractivity contribution < 1.29 is 26.8 Å². The lowest BCUT2D eigenvalue weighted by Gasteiger charge is -2.15. The molecule has 29 heavy (non-hydrogen) atoms. The van der Waals surface area contributed by atoms with Crippen molar-refractivity contribution in [3.63, 3.8) is 0 Å². The van der Waals surface area contributed by atoms with E-state index in [1.165, 1.54) is 24.9 Å². The van der Waals surface area contributed by atoms with E-state index in [4.69, 9.17) is 11.6 Å². The number of anilines is 1. The third kappa shape index (κ3) is 4.11. The zero-order valence-corrected chi connectivity index (χ0v) is 16.9. The van der Waals surface area contributed by atoms with Gasteiger partial charge < -0.3 is 15.2 Å². The van der Waals surface area contributed by atoms with Crippen LogP contribution in [0.1, 0.15) is 23.3 Å². The van der Waals surface area contributed by atoms with E-state index in [9.17, 15) is 26.8 Å². The van der Waals surface area contributed by atoms with Crippen LogP contribution in [0.15, 0.2) is 29.3 Å². The van der Waals surface area contributed by atoms with Gasteiger partial charge in [-0.2, -0.15) is 4.72 Å². The van der Waals surface area contributed by atoms with E-state index < -0.39 is 44.0 Å². The fourth-order valence-electron chi connectivity index (χ4n) is 2.79. The molecule has 1 aliphatic rings. The van der Waals surface area contributed by atoms with Crippen LogP contribution in [-0.2, 0) is 21.9 Å². The second kappa shape index (κ2) is 7.39. The van der Waals surface area contributed by atoms with Gasteiger partial charge in [-0.3, -0.25) is 9.59 Å². The van der Waals surface area contributed by atoms with E-state index in [1.807, 2.05) is 0 Å². The quantitative estimate of drug-likeness (QED) is 0.587. The van der Waals surface area contributed by atoms with Crippen molar-refractivity contribution in [3.05, 3.63) is 46.7 Å². The number of aromatic nitrogens is 1. The molecule has 2 aromatic rings. The molecular weight excluding hydrogens is 430 g/mol. The molecule has 1 aromatic carbocycles. The van der Waals surface area contributed by atoms with Crippen molar-refractivity contribution in [1.29, 1.82) is 0 Å². The Labute approximate surface area is 170 Å². The van der Waals surface area contributed by atoms with Gasteiger partial charge in [0.25, 0.3) is 5.91 Å². The van der Waals surface area contributed by atoms with Crippen LogP contribution in [0, 0.1) is 11.6 Å². The minimum absolute atomic E-state index is 0.0592. The summed E-state index contributed by atoms with van der Waals surface area (Å²) in [6.45, 7) is 0. The molecule has 12 heteroatoms. The Morgan fingerprint density at radius 1 is 1.21 bits per heavy atom. The van der Waals surface area contributed by atoms with Gasteiger partial charge >= 0.3 is 0 Å². The number of amides is 2. The van der Waals surface area contributed by atoms with Gasteiger partial charge in [-0.15, -0.1) is 0 Å². The SMILES string of the molecule is CNC(=O)C1(NS(=O)(=O)c2cc(C(=O)Nc3cc(F)c(F)c(Cl)c3)n(C)c2)CC1. The lowest BCUT2D eigenvalue weighted by atomic mass is 10.3. The number of benzene rings is 1. The predicted molar refractivity (Wildman–Crippen MR) is 101 cm³/mol. The number of carbonyl (C=O) groups excluding carboxylic acids is 2. The van der Waals surface area contributed by atoms with Crippen LogP contribution < -0.4 is 15.4 Å². The monoisotopic (exact) mass is 446 g/mol. The number of rotatable bonds is 6. The van der Waals surface area contributed by atoms with Gasteiger partial charge in [0.1, 0.15) is 16.1 Å². The summed E-state index contributed by atoms with van der Waals surface area (Å²) in [6.07, 6.45) is 1.93. The molecular formula is C17H17ClF2N4O4S. The number of nitrogens with one attached hydrogen (secondary N) is 3. The number of hydrogen-bond donors (Lipinski definition) is 3. The van der Waals surface area contributed by atoms with Crippen molar-refractivity contribution >= 4 is 39.1 Å². The molecule has 0 radical (unpaired) electrons. The maximum Gasteiger partial charge on any atom is 0.272 e. The first-order valence-electron chi connectivity index (χ1n) is 8.37. The van der Waals surface area contributed by atoms with Crippen molar-refractivity contribution in [1.82, 2.24) is 14.6 Å². The van der Waals surface area contributed by atoms with Crippen LogP contribution in [0.25, 0.3) is 0 Å². The zero-order valence-electron chi connectivity index (χ0n) is 15.3. The normalized spacial score (nSPS) is 15.1. The summed E-state index contributed by atoms with van der Waals surface area (Å²) in [7, 11) is -1.23. The first kappa shape index (κ1) is 21.2. The highest BCUT2D eigenvalue weighted by Crippen LogP contribution is 2.37. The Balaban J connectivity index is 1.83. The van der Waals surface area contributed by atoms with E-state index in [-0.39, 0.29) is 16.3 Å². The molecule has 0 spiro atoms. The maximum absolute atomic E-state index is 13.5. The zero-order chi connectivity index (χ0) is 21.6. The molecule has 1 aliphatic carbocycles. The fourth-order valence-corrected chi connectivity index (χ4v) is 4.49. The van der Waals surface area contributed by atoms with E-state index in [1.54, 1.807) is 0 Å². The second-order valence-corrected chi connectivity index (χ2v) is 8.74. The third-order valence-electron chi connectivity index (χ3n) is 4.51. The highest BCUT2D eigenvalue weighted by atomic mass is 35.5. The molecule has 3 rings (SSSR count). The standard InChI is InChI=1S/C17H17ClF2N4O4S/c1-21-16(26)17(3-4-17)23-29(27,28)10-7-13(24(2)8-10)15(25)22-9-5-11(18)14(20)12(19)6-9/h5-8,23H,3-4H2,1-2H3,(H,21,26)(H,22,25). The third-order valence-corrected chi connectivity index (χ3v) is 6.28. The number of hydrogen-bond acceptors (Lipinski definition) is 4. The summed E-state index contributed by atoms with van der Waals surface area (Å²) in [4.78, 5) is 24.1. The lowest BCUT2D eigenvalue weighted by molar-refractivity contribution is -0.123. The molecule has 1 fully saturated rings. The van der Waals surface area contributed by atoms with E-state index in [0.717, 1.165) is 18.2 Å². The molecule has 0 saturated heterocycles. The first-order valence-corrected chi connectivity index (χ1v) is 10.2. The summed E-state index contributed by atoms with van der Waals surface area (Å²) in [5.41, 5.74) is -1.34. The number of halogens is 3. The van der Waals surface area contributed by atoms with Crippen LogP contribution in [0.3, 0.4) is 0 Å². The summed E-state index contributed by atoms with van der Waals surface area (Å²) in [5.74, 6) is -3.68. The van der Waals surface area contributed by atoms with E-state index in [2.05, 4.69) is 15.4 Å². The highest BCUT2D eigenvalue weighted by Gasteiger charge is 2.52. The van der Waals surface area contributed by atoms with Gasteiger partial charge in [0.05, 0.1) is 5.02 Å². The van der Waals surface area contributed by atoms with Crippen LogP contribution in [0.4, 0.5) is 14.5 Å². The average molecular weight is 447 g/mol. The van der Waals surface area contributed by atoms with Gasteiger partial charge in [0, 0.05) is 32.0 Å². The second-order valence-electron chi connectivity index (χ2n) is 6.65. The van der Waals surface area contributed by atoms with Crippen molar-refractivity contribution in [2.24, 2.45) is 7.05 Å². The Morgan fingerprint density at radius 3 is 2.41 bits per heavy atom. The van der Waals surface area contributed by atoms with E-state index in [0.29, 0.717) is 12.8 Å². The first-order chi connectivity index (χ1) is 13.5. The van der Waals surface area contributed by atoms with Crippen LogP contribution in [0.5, 0.6) is 0 Å². The number of nitrogens with zero attached hydrogens (tertiary/aromatic N) is 1.